The summed E-state index contributed by atoms with van der Waals surface area (Å²) in [5, 5.41) is 0. The van der Waals surface area contributed by atoms with Crippen molar-refractivity contribution in [2.24, 2.45) is 0 Å². The van der Waals surface area contributed by atoms with Gasteiger partial charge in [0.1, 0.15) is 0 Å². The highest BCUT2D eigenvalue weighted by molar-refractivity contribution is 7.80. The number of ether oxygens (including phenoxy) is 2. The third-order valence-electron chi connectivity index (χ3n) is 2.72. The quantitative estimate of drug-likeness (QED) is 0.447. The van der Waals surface area contributed by atoms with Crippen molar-refractivity contribution in [3.05, 3.63) is 0 Å². The van der Waals surface area contributed by atoms with E-state index in [1.807, 2.05) is 0 Å². The fourth-order valence-electron chi connectivity index (χ4n) is 1.71. The number of rotatable bonds is 11. The van der Waals surface area contributed by atoms with Gasteiger partial charge in [0.2, 0.25) is 0 Å². The van der Waals surface area contributed by atoms with Crippen molar-refractivity contribution in [2.45, 2.75) is 32.2 Å². The molecular weight excluding hydrogens is 222 g/mol. The Balaban J connectivity index is 3.79. The molecular formula is C12H27NO2S. The normalized spacial score (nSPS) is 13.3. The Kier molecular flexibility index (Phi) is 11.9. The highest BCUT2D eigenvalue weighted by Crippen LogP contribution is 2.05. The maximum atomic E-state index is 5.20. The standard InChI is InChI=1S/C12H27NO2S/c1-12(11-15-3)13(8-9-14-2)7-5-4-6-10-16/h12,16H,4-11H2,1-3H3. The van der Waals surface area contributed by atoms with E-state index in [-0.39, 0.29) is 0 Å². The van der Waals surface area contributed by atoms with Crippen LogP contribution < -0.4 is 0 Å². The van der Waals surface area contributed by atoms with E-state index in [4.69, 9.17) is 9.47 Å². The van der Waals surface area contributed by atoms with E-state index in [1.54, 1.807) is 14.2 Å². The van der Waals surface area contributed by atoms with Crippen LogP contribution in [0.4, 0.5) is 0 Å². The molecule has 0 aromatic carbocycles. The van der Waals surface area contributed by atoms with Crippen LogP contribution in [0.5, 0.6) is 0 Å². The lowest BCUT2D eigenvalue weighted by molar-refractivity contribution is 0.0740. The molecule has 0 aliphatic heterocycles. The first kappa shape index (κ1) is 16.2. The van der Waals surface area contributed by atoms with Crippen molar-refractivity contribution in [3.8, 4) is 0 Å². The summed E-state index contributed by atoms with van der Waals surface area (Å²) < 4.78 is 10.3. The number of methoxy groups -OCH3 is 2. The number of unbranched alkanes of at least 4 members (excludes halogenated alkanes) is 2. The lowest BCUT2D eigenvalue weighted by Gasteiger charge is -2.28. The summed E-state index contributed by atoms with van der Waals surface area (Å²) in [6.07, 6.45) is 3.70. The van der Waals surface area contributed by atoms with Crippen molar-refractivity contribution in [2.75, 3.05) is 46.3 Å². The second kappa shape index (κ2) is 11.7. The molecule has 0 fully saturated rings. The Bertz CT molecular complexity index is 147. The Morgan fingerprint density at radius 2 is 1.81 bits per heavy atom. The molecule has 0 aliphatic carbocycles. The molecule has 1 atom stereocenters. The van der Waals surface area contributed by atoms with E-state index >= 15 is 0 Å². The molecule has 0 heterocycles. The summed E-state index contributed by atoms with van der Waals surface area (Å²) in [7, 11) is 3.51. The summed E-state index contributed by atoms with van der Waals surface area (Å²) in [5.74, 6) is 0.992. The first-order valence-corrected chi connectivity index (χ1v) is 6.72. The Morgan fingerprint density at radius 3 is 2.38 bits per heavy atom. The second-order valence-electron chi connectivity index (χ2n) is 4.12. The van der Waals surface area contributed by atoms with Crippen LogP contribution in [0.15, 0.2) is 0 Å². The molecule has 0 aliphatic rings. The van der Waals surface area contributed by atoms with E-state index in [9.17, 15) is 0 Å². The van der Waals surface area contributed by atoms with Crippen molar-refractivity contribution in [3.63, 3.8) is 0 Å². The summed E-state index contributed by atoms with van der Waals surface area (Å²) in [4.78, 5) is 2.44. The van der Waals surface area contributed by atoms with Gasteiger partial charge in [0, 0.05) is 26.8 Å². The summed E-state index contributed by atoms with van der Waals surface area (Å²) in [6, 6.07) is 0.469. The third-order valence-corrected chi connectivity index (χ3v) is 3.03. The van der Waals surface area contributed by atoms with Gasteiger partial charge >= 0.3 is 0 Å². The lowest BCUT2D eigenvalue weighted by atomic mass is 10.2. The molecule has 0 N–H and O–H groups in total. The zero-order chi connectivity index (χ0) is 12.2. The van der Waals surface area contributed by atoms with E-state index < -0.39 is 0 Å². The molecule has 0 saturated heterocycles. The summed E-state index contributed by atoms with van der Waals surface area (Å²) >= 11 is 4.22. The average molecular weight is 249 g/mol. The Hall–Kier alpha value is 0.230. The van der Waals surface area contributed by atoms with Crippen LogP contribution in [0.2, 0.25) is 0 Å². The van der Waals surface area contributed by atoms with Crippen LogP contribution in [0.3, 0.4) is 0 Å². The molecule has 0 bridgehead atoms. The van der Waals surface area contributed by atoms with Gasteiger partial charge in [0.15, 0.2) is 0 Å². The van der Waals surface area contributed by atoms with Crippen LogP contribution in [-0.4, -0.2) is 57.2 Å². The van der Waals surface area contributed by atoms with Crippen LogP contribution in [0, 0.1) is 0 Å². The summed E-state index contributed by atoms with van der Waals surface area (Å²) in [5.41, 5.74) is 0. The molecule has 98 valence electrons. The SMILES string of the molecule is COCCN(CCCCCS)C(C)COC. The van der Waals surface area contributed by atoms with Gasteiger partial charge in [-0.1, -0.05) is 6.42 Å². The maximum Gasteiger partial charge on any atom is 0.0615 e. The largest absolute Gasteiger partial charge is 0.383 e. The molecule has 1 unspecified atom stereocenters. The smallest absolute Gasteiger partial charge is 0.0615 e. The summed E-state index contributed by atoms with van der Waals surface area (Å²) in [6.45, 7) is 5.90. The molecule has 0 aromatic heterocycles. The topological polar surface area (TPSA) is 21.7 Å². The zero-order valence-corrected chi connectivity index (χ0v) is 11.8. The highest BCUT2D eigenvalue weighted by Gasteiger charge is 2.12. The van der Waals surface area contributed by atoms with Gasteiger partial charge in [-0.15, -0.1) is 0 Å². The number of nitrogens with zero attached hydrogens (tertiary/aromatic N) is 1. The molecule has 0 aromatic rings. The van der Waals surface area contributed by atoms with Gasteiger partial charge in [-0.25, -0.2) is 0 Å². The zero-order valence-electron chi connectivity index (χ0n) is 10.9. The number of hydrogen-bond acceptors (Lipinski definition) is 4. The fourth-order valence-corrected chi connectivity index (χ4v) is 1.93. The molecule has 3 nitrogen and oxygen atoms in total. The van der Waals surface area contributed by atoms with Gasteiger partial charge in [0.05, 0.1) is 13.2 Å². The lowest BCUT2D eigenvalue weighted by Crippen LogP contribution is -2.39. The Morgan fingerprint density at radius 1 is 1.06 bits per heavy atom. The average Bonchev–Trinajstić information content (AvgIpc) is 2.28. The molecule has 0 rings (SSSR count). The Labute approximate surface area is 106 Å². The van der Waals surface area contributed by atoms with Crippen LogP contribution in [-0.2, 0) is 9.47 Å². The third kappa shape index (κ3) is 8.39. The van der Waals surface area contributed by atoms with E-state index in [0.717, 1.165) is 32.1 Å². The maximum absolute atomic E-state index is 5.20. The van der Waals surface area contributed by atoms with Gasteiger partial charge in [-0.2, -0.15) is 12.6 Å². The first-order valence-electron chi connectivity index (χ1n) is 6.09. The fraction of sp³-hybridized carbons (Fsp3) is 1.00. The van der Waals surface area contributed by atoms with E-state index in [1.165, 1.54) is 19.3 Å². The molecule has 0 saturated carbocycles. The number of thiol groups is 1. The van der Waals surface area contributed by atoms with Crippen LogP contribution in [0.1, 0.15) is 26.2 Å². The monoisotopic (exact) mass is 249 g/mol. The van der Waals surface area contributed by atoms with Gasteiger partial charge in [-0.05, 0) is 32.1 Å². The number of hydrogen-bond donors (Lipinski definition) is 1. The van der Waals surface area contributed by atoms with Crippen LogP contribution >= 0.6 is 12.6 Å². The van der Waals surface area contributed by atoms with Crippen molar-refractivity contribution < 1.29 is 9.47 Å². The van der Waals surface area contributed by atoms with Crippen molar-refractivity contribution in [1.29, 1.82) is 0 Å². The van der Waals surface area contributed by atoms with Gasteiger partial charge in [-0.3, -0.25) is 4.90 Å². The molecule has 0 radical (unpaired) electrons. The van der Waals surface area contributed by atoms with Crippen molar-refractivity contribution >= 4 is 12.6 Å². The minimum absolute atomic E-state index is 0.469. The van der Waals surface area contributed by atoms with E-state index in [0.29, 0.717) is 6.04 Å². The molecule has 16 heavy (non-hydrogen) atoms. The molecule has 0 spiro atoms. The van der Waals surface area contributed by atoms with E-state index in [2.05, 4.69) is 24.5 Å². The predicted molar refractivity (Wildman–Crippen MR) is 72.5 cm³/mol. The predicted octanol–water partition coefficient (Wildman–Crippen LogP) is 2.07. The first-order chi connectivity index (χ1) is 7.76. The van der Waals surface area contributed by atoms with Crippen molar-refractivity contribution in [1.82, 2.24) is 4.90 Å². The van der Waals surface area contributed by atoms with Crippen LogP contribution in [0.25, 0.3) is 0 Å². The van der Waals surface area contributed by atoms with Gasteiger partial charge in [0.25, 0.3) is 0 Å². The minimum atomic E-state index is 0.469. The molecule has 4 heteroatoms. The highest BCUT2D eigenvalue weighted by atomic mass is 32.1. The molecule has 0 amide bonds. The second-order valence-corrected chi connectivity index (χ2v) is 4.56. The van der Waals surface area contributed by atoms with Gasteiger partial charge < -0.3 is 9.47 Å². The minimum Gasteiger partial charge on any atom is -0.383 e.